The van der Waals surface area contributed by atoms with Gasteiger partial charge in [0.2, 0.25) is 11.9 Å². The molecule has 3 heterocycles. The molecule has 5 N–H and O–H groups in total. The van der Waals surface area contributed by atoms with Crippen molar-refractivity contribution in [2.45, 2.75) is 69.6 Å². The largest absolute Gasteiger partial charge is 0.489 e. The van der Waals surface area contributed by atoms with E-state index in [9.17, 15) is 13.2 Å². The zero-order valence-electron chi connectivity index (χ0n) is 25.7. The van der Waals surface area contributed by atoms with Gasteiger partial charge in [0.05, 0.1) is 39.6 Å². The van der Waals surface area contributed by atoms with Gasteiger partial charge < -0.3 is 21.1 Å². The standard InChI is InChI=1S/C31H40N8O4S/c1-18(2)43-25-16-22(21-12-14-39(15-13-21)17-27(32)40)10-11-23(25)34-31-35-29(28-20(5)37-38-30(28)36-31)33-24-8-6-7-9-26(24)44(41,42)19(3)4/h6-11,16,18-19,21H,12-15,17H2,1-5H3,(H2,32,40)(H3,33,34,35,36,37,38). The van der Waals surface area contributed by atoms with Gasteiger partial charge in [-0.05, 0) is 96.3 Å². The second kappa shape index (κ2) is 12.8. The number of aryl methyl sites for hydroxylation is 1. The average molecular weight is 621 g/mol. The van der Waals surface area contributed by atoms with Crippen molar-refractivity contribution >= 4 is 49.9 Å². The monoisotopic (exact) mass is 620 g/mol. The molecule has 0 unspecified atom stereocenters. The molecule has 4 aromatic rings. The highest BCUT2D eigenvalue weighted by atomic mass is 32.2. The zero-order valence-corrected chi connectivity index (χ0v) is 26.5. The van der Waals surface area contributed by atoms with Crippen LogP contribution in [0.5, 0.6) is 5.75 Å². The summed E-state index contributed by atoms with van der Waals surface area (Å²) in [5.74, 6) is 1.39. The van der Waals surface area contributed by atoms with Crippen molar-refractivity contribution in [1.29, 1.82) is 0 Å². The van der Waals surface area contributed by atoms with Crippen molar-refractivity contribution in [1.82, 2.24) is 25.1 Å². The van der Waals surface area contributed by atoms with Gasteiger partial charge >= 0.3 is 0 Å². The fourth-order valence-corrected chi connectivity index (χ4v) is 6.63. The van der Waals surface area contributed by atoms with Gasteiger partial charge in [-0.1, -0.05) is 18.2 Å². The fourth-order valence-electron chi connectivity index (χ4n) is 5.43. The Balaban J connectivity index is 1.46. The van der Waals surface area contributed by atoms with Gasteiger partial charge in [0.25, 0.3) is 0 Å². The minimum Gasteiger partial charge on any atom is -0.489 e. The fraction of sp³-hybridized carbons (Fsp3) is 0.419. The van der Waals surface area contributed by atoms with Crippen LogP contribution in [-0.4, -0.2) is 70.4 Å². The smallest absolute Gasteiger partial charge is 0.231 e. The number of likely N-dealkylation sites (tertiary alicyclic amines) is 1. The number of nitrogens with two attached hydrogens (primary N) is 1. The number of nitrogens with zero attached hydrogens (tertiary/aromatic N) is 4. The number of fused-ring (bicyclic) bond motifs is 1. The first-order chi connectivity index (χ1) is 20.9. The topological polar surface area (TPSA) is 168 Å². The van der Waals surface area contributed by atoms with E-state index in [2.05, 4.69) is 42.8 Å². The highest BCUT2D eigenvalue weighted by Gasteiger charge is 2.25. The number of hydrogen-bond acceptors (Lipinski definition) is 10. The Morgan fingerprint density at radius 1 is 1.07 bits per heavy atom. The number of nitrogens with one attached hydrogen (secondary N) is 3. The maximum absolute atomic E-state index is 13.1. The van der Waals surface area contributed by atoms with Gasteiger partial charge in [-0.15, -0.1) is 0 Å². The van der Waals surface area contributed by atoms with Crippen LogP contribution in [0, 0.1) is 6.92 Å². The summed E-state index contributed by atoms with van der Waals surface area (Å²) in [6.45, 7) is 11.0. The Morgan fingerprint density at radius 3 is 2.48 bits per heavy atom. The number of benzene rings is 2. The highest BCUT2D eigenvalue weighted by molar-refractivity contribution is 7.92. The molecule has 13 heteroatoms. The minimum absolute atomic E-state index is 0.0720. The molecule has 0 saturated carbocycles. The van der Waals surface area contributed by atoms with Crippen molar-refractivity contribution in [3.05, 3.63) is 53.7 Å². The van der Waals surface area contributed by atoms with Crippen LogP contribution in [-0.2, 0) is 14.6 Å². The summed E-state index contributed by atoms with van der Waals surface area (Å²) in [4.78, 5) is 23.0. The van der Waals surface area contributed by atoms with Crippen LogP contribution in [0.15, 0.2) is 47.4 Å². The first-order valence-corrected chi connectivity index (χ1v) is 16.4. The molecule has 12 nitrogen and oxygen atoms in total. The van der Waals surface area contributed by atoms with E-state index in [1.54, 1.807) is 38.1 Å². The van der Waals surface area contributed by atoms with Crippen molar-refractivity contribution in [2.24, 2.45) is 5.73 Å². The van der Waals surface area contributed by atoms with Crippen LogP contribution >= 0.6 is 0 Å². The molecule has 1 saturated heterocycles. The molecule has 44 heavy (non-hydrogen) atoms. The first-order valence-electron chi connectivity index (χ1n) is 14.8. The van der Waals surface area contributed by atoms with Crippen LogP contribution in [0.1, 0.15) is 57.7 Å². The Morgan fingerprint density at radius 2 is 1.80 bits per heavy atom. The van der Waals surface area contributed by atoms with Crippen LogP contribution in [0.3, 0.4) is 0 Å². The lowest BCUT2D eigenvalue weighted by Crippen LogP contribution is -2.39. The minimum atomic E-state index is -3.56. The number of hydrogen-bond donors (Lipinski definition) is 4. The van der Waals surface area contributed by atoms with E-state index in [1.165, 1.54) is 0 Å². The number of ether oxygens (including phenoxy) is 1. The van der Waals surface area contributed by atoms with Gasteiger partial charge in [0.1, 0.15) is 11.6 Å². The number of H-pyrrole nitrogens is 1. The molecule has 5 rings (SSSR count). The highest BCUT2D eigenvalue weighted by Crippen LogP contribution is 2.37. The quantitative estimate of drug-likeness (QED) is 0.183. The third-order valence-corrected chi connectivity index (χ3v) is 9.93. The van der Waals surface area contributed by atoms with E-state index < -0.39 is 15.1 Å². The molecule has 0 aliphatic carbocycles. The van der Waals surface area contributed by atoms with Crippen LogP contribution in [0.4, 0.5) is 23.1 Å². The van der Waals surface area contributed by atoms with Crippen molar-refractivity contribution < 1.29 is 17.9 Å². The number of amides is 1. The number of rotatable bonds is 11. The molecule has 0 bridgehead atoms. The molecule has 2 aromatic carbocycles. The lowest BCUT2D eigenvalue weighted by Gasteiger charge is -2.31. The SMILES string of the molecule is Cc1[nH]nc2nc(Nc3ccc(C4CCN(CC(N)=O)CC4)cc3OC(C)C)nc(Nc3ccccc3S(=O)(=O)C(C)C)c12. The second-order valence-electron chi connectivity index (χ2n) is 11.7. The van der Waals surface area contributed by atoms with E-state index in [-0.39, 0.29) is 29.4 Å². The number of primary amides is 1. The number of carbonyl (C=O) groups excluding carboxylic acids is 1. The van der Waals surface area contributed by atoms with Gasteiger partial charge in [-0.3, -0.25) is 14.8 Å². The number of carbonyl (C=O) groups is 1. The van der Waals surface area contributed by atoms with E-state index in [0.29, 0.717) is 39.9 Å². The molecule has 1 amide bonds. The third kappa shape index (κ3) is 6.78. The predicted molar refractivity (Wildman–Crippen MR) is 172 cm³/mol. The molecular weight excluding hydrogens is 580 g/mol. The van der Waals surface area contributed by atoms with Crippen molar-refractivity contribution in [2.75, 3.05) is 30.3 Å². The van der Waals surface area contributed by atoms with Gasteiger partial charge in [-0.25, -0.2) is 8.42 Å². The van der Waals surface area contributed by atoms with E-state index >= 15 is 0 Å². The molecule has 0 spiro atoms. The summed E-state index contributed by atoms with van der Waals surface area (Å²) < 4.78 is 32.5. The lowest BCUT2D eigenvalue weighted by molar-refractivity contribution is -0.119. The van der Waals surface area contributed by atoms with Gasteiger partial charge in [-0.2, -0.15) is 15.1 Å². The van der Waals surface area contributed by atoms with E-state index in [0.717, 1.165) is 37.2 Å². The molecule has 1 aliphatic heterocycles. The zero-order chi connectivity index (χ0) is 31.6. The summed E-state index contributed by atoms with van der Waals surface area (Å²) >= 11 is 0. The number of piperidine rings is 1. The number of anilines is 4. The Bertz CT molecular complexity index is 1760. The second-order valence-corrected chi connectivity index (χ2v) is 14.2. The molecule has 0 radical (unpaired) electrons. The van der Waals surface area contributed by atoms with Crippen LogP contribution in [0.2, 0.25) is 0 Å². The number of para-hydroxylation sites is 1. The predicted octanol–water partition coefficient (Wildman–Crippen LogP) is 4.78. The maximum atomic E-state index is 13.1. The summed E-state index contributed by atoms with van der Waals surface area (Å²) in [6, 6.07) is 12.9. The lowest BCUT2D eigenvalue weighted by atomic mass is 9.89. The summed E-state index contributed by atoms with van der Waals surface area (Å²) in [5, 5.41) is 13.9. The van der Waals surface area contributed by atoms with Crippen molar-refractivity contribution in [3.63, 3.8) is 0 Å². The normalized spacial score (nSPS) is 14.8. The molecular formula is C31H40N8O4S. The molecule has 1 fully saturated rings. The molecule has 0 atom stereocenters. The van der Waals surface area contributed by atoms with Crippen LogP contribution in [0.25, 0.3) is 11.0 Å². The number of aromatic nitrogens is 4. The summed E-state index contributed by atoms with van der Waals surface area (Å²) in [5.41, 5.74) is 8.82. The van der Waals surface area contributed by atoms with E-state index in [1.807, 2.05) is 26.8 Å². The summed E-state index contributed by atoms with van der Waals surface area (Å²) in [7, 11) is -3.56. The summed E-state index contributed by atoms with van der Waals surface area (Å²) in [6.07, 6.45) is 1.77. The van der Waals surface area contributed by atoms with Gasteiger partial charge in [0.15, 0.2) is 15.5 Å². The molecule has 234 valence electrons. The van der Waals surface area contributed by atoms with Crippen LogP contribution < -0.4 is 21.1 Å². The Labute approximate surface area is 257 Å². The molecule has 2 aromatic heterocycles. The number of aromatic amines is 1. The third-order valence-electron chi connectivity index (χ3n) is 7.71. The van der Waals surface area contributed by atoms with Gasteiger partial charge in [0, 0.05) is 5.69 Å². The molecule has 1 aliphatic rings. The number of sulfone groups is 1. The maximum Gasteiger partial charge on any atom is 0.231 e. The Kier molecular flexibility index (Phi) is 9.07. The average Bonchev–Trinajstić information content (AvgIpc) is 3.34. The Hall–Kier alpha value is -4.23. The first kappa shape index (κ1) is 31.2. The van der Waals surface area contributed by atoms with Crippen molar-refractivity contribution in [3.8, 4) is 5.75 Å². The van der Waals surface area contributed by atoms with E-state index in [4.69, 9.17) is 15.5 Å².